The SMILES string of the molecule is CNC(=O)[C@@H](C)N(Cc1cccc(C)c1)C(=O)CN(c1cccc([N+](=O)[O-])c1)S(C)(=O)=O. The first kappa shape index (κ1) is 24.8. The van der Waals surface area contributed by atoms with E-state index in [4.69, 9.17) is 0 Å². The number of hydrogen-bond acceptors (Lipinski definition) is 6. The van der Waals surface area contributed by atoms with Crippen molar-refractivity contribution in [2.45, 2.75) is 26.4 Å². The fraction of sp³-hybridized carbons (Fsp3) is 0.333. The molecule has 1 N–H and O–H groups in total. The fourth-order valence-corrected chi connectivity index (χ4v) is 4.02. The van der Waals surface area contributed by atoms with Gasteiger partial charge in [-0.2, -0.15) is 0 Å². The maximum atomic E-state index is 13.2. The highest BCUT2D eigenvalue weighted by molar-refractivity contribution is 7.92. The summed E-state index contributed by atoms with van der Waals surface area (Å²) in [4.78, 5) is 37.3. The van der Waals surface area contributed by atoms with Crippen LogP contribution >= 0.6 is 0 Å². The Morgan fingerprint density at radius 2 is 1.81 bits per heavy atom. The van der Waals surface area contributed by atoms with Gasteiger partial charge < -0.3 is 10.2 Å². The molecule has 0 saturated carbocycles. The maximum absolute atomic E-state index is 13.2. The lowest BCUT2D eigenvalue weighted by Crippen LogP contribution is -2.50. The van der Waals surface area contributed by atoms with E-state index in [0.29, 0.717) is 0 Å². The minimum atomic E-state index is -3.96. The van der Waals surface area contributed by atoms with Crippen LogP contribution in [0.4, 0.5) is 11.4 Å². The van der Waals surface area contributed by atoms with Crippen molar-refractivity contribution in [2.24, 2.45) is 0 Å². The number of nitrogens with zero attached hydrogens (tertiary/aromatic N) is 3. The number of anilines is 1. The van der Waals surface area contributed by atoms with Crippen molar-refractivity contribution in [3.63, 3.8) is 0 Å². The minimum Gasteiger partial charge on any atom is -0.357 e. The summed E-state index contributed by atoms with van der Waals surface area (Å²) in [5.74, 6) is -1.04. The molecule has 2 aromatic rings. The fourth-order valence-electron chi connectivity index (χ4n) is 3.17. The van der Waals surface area contributed by atoms with Gasteiger partial charge in [-0.25, -0.2) is 8.42 Å². The molecule has 0 radical (unpaired) electrons. The quantitative estimate of drug-likeness (QED) is 0.447. The summed E-state index contributed by atoms with van der Waals surface area (Å²) in [6, 6.07) is 11.5. The van der Waals surface area contributed by atoms with Gasteiger partial charge in [-0.3, -0.25) is 24.0 Å². The summed E-state index contributed by atoms with van der Waals surface area (Å²) in [7, 11) is -2.51. The predicted molar refractivity (Wildman–Crippen MR) is 121 cm³/mol. The van der Waals surface area contributed by atoms with Gasteiger partial charge in [0.25, 0.3) is 5.69 Å². The van der Waals surface area contributed by atoms with Crippen molar-refractivity contribution in [3.8, 4) is 0 Å². The molecule has 2 rings (SSSR count). The number of nitro benzene ring substituents is 1. The summed E-state index contributed by atoms with van der Waals surface area (Å²) in [6.07, 6.45) is 0.909. The number of sulfonamides is 1. The number of likely N-dealkylation sites (N-methyl/N-ethyl adjacent to an activating group) is 1. The molecule has 0 aliphatic carbocycles. The van der Waals surface area contributed by atoms with Crippen molar-refractivity contribution >= 4 is 33.2 Å². The van der Waals surface area contributed by atoms with E-state index in [9.17, 15) is 28.1 Å². The Kier molecular flexibility index (Phi) is 7.92. The molecular formula is C21H26N4O6S. The topological polar surface area (TPSA) is 130 Å². The van der Waals surface area contributed by atoms with Crippen LogP contribution in [0.15, 0.2) is 48.5 Å². The zero-order valence-electron chi connectivity index (χ0n) is 18.3. The number of nitrogens with one attached hydrogen (secondary N) is 1. The number of non-ortho nitro benzene ring substituents is 1. The third-order valence-electron chi connectivity index (χ3n) is 4.86. The smallest absolute Gasteiger partial charge is 0.271 e. The summed E-state index contributed by atoms with van der Waals surface area (Å²) < 4.78 is 25.7. The zero-order chi connectivity index (χ0) is 24.1. The third kappa shape index (κ3) is 6.27. The normalized spacial score (nSPS) is 12.0. The monoisotopic (exact) mass is 462 g/mol. The molecule has 10 nitrogen and oxygen atoms in total. The second-order valence-corrected chi connectivity index (χ2v) is 9.25. The van der Waals surface area contributed by atoms with E-state index in [1.165, 1.54) is 30.1 Å². The molecule has 172 valence electrons. The Morgan fingerprint density at radius 3 is 2.38 bits per heavy atom. The van der Waals surface area contributed by atoms with Crippen LogP contribution in [0.25, 0.3) is 0 Å². The average Bonchev–Trinajstić information content (AvgIpc) is 2.73. The summed E-state index contributed by atoms with van der Waals surface area (Å²) in [6.45, 7) is 2.91. The van der Waals surface area contributed by atoms with Crippen molar-refractivity contribution in [1.82, 2.24) is 10.2 Å². The highest BCUT2D eigenvalue weighted by Crippen LogP contribution is 2.24. The molecule has 11 heteroatoms. The third-order valence-corrected chi connectivity index (χ3v) is 6.00. The molecule has 0 spiro atoms. The van der Waals surface area contributed by atoms with Crippen LogP contribution < -0.4 is 9.62 Å². The number of amides is 2. The van der Waals surface area contributed by atoms with Crippen LogP contribution in [0.3, 0.4) is 0 Å². The number of nitro groups is 1. The van der Waals surface area contributed by atoms with E-state index in [-0.39, 0.29) is 17.9 Å². The van der Waals surface area contributed by atoms with Crippen LogP contribution in [0.1, 0.15) is 18.1 Å². The van der Waals surface area contributed by atoms with Crippen LogP contribution in [-0.2, 0) is 26.2 Å². The van der Waals surface area contributed by atoms with E-state index in [0.717, 1.165) is 27.8 Å². The first-order valence-electron chi connectivity index (χ1n) is 9.72. The Balaban J connectivity index is 2.42. The van der Waals surface area contributed by atoms with Crippen molar-refractivity contribution in [1.29, 1.82) is 0 Å². The van der Waals surface area contributed by atoms with Gasteiger partial charge in [0, 0.05) is 25.7 Å². The Morgan fingerprint density at radius 1 is 1.16 bits per heavy atom. The second-order valence-electron chi connectivity index (χ2n) is 7.35. The lowest BCUT2D eigenvalue weighted by atomic mass is 10.1. The number of benzene rings is 2. The Labute approximate surface area is 187 Å². The number of carbonyl (C=O) groups is 2. The van der Waals surface area contributed by atoms with E-state index < -0.39 is 39.3 Å². The molecule has 0 saturated heterocycles. The number of aryl methyl sites for hydroxylation is 1. The molecule has 0 aliphatic rings. The molecule has 2 aromatic carbocycles. The highest BCUT2D eigenvalue weighted by atomic mass is 32.2. The largest absolute Gasteiger partial charge is 0.357 e. The number of rotatable bonds is 9. The number of hydrogen-bond donors (Lipinski definition) is 1. The molecular weight excluding hydrogens is 436 g/mol. The molecule has 0 heterocycles. The van der Waals surface area contributed by atoms with Crippen molar-refractivity contribution in [2.75, 3.05) is 24.2 Å². The molecule has 0 aromatic heterocycles. The highest BCUT2D eigenvalue weighted by Gasteiger charge is 2.30. The Bertz CT molecular complexity index is 1120. The van der Waals surface area contributed by atoms with Gasteiger partial charge in [0.1, 0.15) is 12.6 Å². The van der Waals surface area contributed by atoms with Crippen LogP contribution in [0, 0.1) is 17.0 Å². The van der Waals surface area contributed by atoms with E-state index >= 15 is 0 Å². The number of carbonyl (C=O) groups excluding carboxylic acids is 2. The second kappa shape index (κ2) is 10.2. The summed E-state index contributed by atoms with van der Waals surface area (Å²) >= 11 is 0. The van der Waals surface area contributed by atoms with Crippen molar-refractivity contribution in [3.05, 3.63) is 69.8 Å². The minimum absolute atomic E-state index is 0.0156. The van der Waals surface area contributed by atoms with Gasteiger partial charge >= 0.3 is 0 Å². The molecule has 2 amide bonds. The van der Waals surface area contributed by atoms with E-state index in [2.05, 4.69) is 5.32 Å². The first-order chi connectivity index (χ1) is 14.9. The Hall–Kier alpha value is -3.47. The molecule has 32 heavy (non-hydrogen) atoms. The van der Waals surface area contributed by atoms with E-state index in [1.54, 1.807) is 13.0 Å². The standard InChI is InChI=1S/C21H26N4O6S/c1-15-7-5-8-17(11-15)13-23(16(2)21(27)22-3)20(26)14-24(32(4,30)31)18-9-6-10-19(12-18)25(28)29/h5-12,16H,13-14H2,1-4H3,(H,22,27)/t16-/m1/s1. The van der Waals surface area contributed by atoms with Gasteiger partial charge in [0.2, 0.25) is 21.8 Å². The maximum Gasteiger partial charge on any atom is 0.271 e. The van der Waals surface area contributed by atoms with Gasteiger partial charge in [0.15, 0.2) is 0 Å². The molecule has 0 aliphatic heterocycles. The van der Waals surface area contributed by atoms with Crippen LogP contribution in [-0.4, -0.2) is 55.9 Å². The van der Waals surface area contributed by atoms with E-state index in [1.807, 2.05) is 25.1 Å². The first-order valence-corrected chi connectivity index (χ1v) is 11.6. The van der Waals surface area contributed by atoms with Crippen LogP contribution in [0.5, 0.6) is 0 Å². The van der Waals surface area contributed by atoms with Gasteiger partial charge in [-0.05, 0) is 25.5 Å². The lowest BCUT2D eigenvalue weighted by Gasteiger charge is -2.31. The summed E-state index contributed by atoms with van der Waals surface area (Å²) in [5, 5.41) is 13.6. The zero-order valence-corrected chi connectivity index (χ0v) is 19.1. The van der Waals surface area contributed by atoms with Gasteiger partial charge in [0.05, 0.1) is 16.9 Å². The molecule has 0 fully saturated rings. The lowest BCUT2D eigenvalue weighted by molar-refractivity contribution is -0.384. The van der Waals surface area contributed by atoms with Gasteiger partial charge in [-0.1, -0.05) is 35.9 Å². The summed E-state index contributed by atoms with van der Waals surface area (Å²) in [5.41, 5.74) is 1.42. The average molecular weight is 463 g/mol. The predicted octanol–water partition coefficient (Wildman–Crippen LogP) is 1.83. The van der Waals surface area contributed by atoms with Gasteiger partial charge in [-0.15, -0.1) is 0 Å². The van der Waals surface area contributed by atoms with Crippen molar-refractivity contribution < 1.29 is 22.9 Å². The molecule has 0 bridgehead atoms. The van der Waals surface area contributed by atoms with Crippen LogP contribution in [0.2, 0.25) is 0 Å². The molecule has 0 unspecified atom stereocenters. The molecule has 1 atom stereocenters.